The van der Waals surface area contributed by atoms with Crippen LogP contribution in [0.2, 0.25) is 0 Å². The summed E-state index contributed by atoms with van der Waals surface area (Å²) in [6.07, 6.45) is -26.4. The lowest BCUT2D eigenvalue weighted by Gasteiger charge is -2.72. The van der Waals surface area contributed by atoms with Crippen LogP contribution in [0, 0.1) is 56.2 Å². The zero-order valence-electron chi connectivity index (χ0n) is 55.5. The summed E-state index contributed by atoms with van der Waals surface area (Å²) >= 11 is 0. The zero-order chi connectivity index (χ0) is 68.7. The van der Waals surface area contributed by atoms with Gasteiger partial charge in [-0.15, -0.1) is 0 Å². The maximum absolute atomic E-state index is 13.5. The van der Waals surface area contributed by atoms with E-state index in [0.29, 0.717) is 32.1 Å². The number of ether oxygens (including phenoxy) is 11. The quantitative estimate of drug-likeness (QED) is 0.0299. The van der Waals surface area contributed by atoms with Gasteiger partial charge in [0.05, 0.1) is 62.4 Å². The molecule has 4 saturated carbocycles. The molecule has 0 aromatic heterocycles. The van der Waals surface area contributed by atoms with Crippen molar-refractivity contribution in [1.82, 2.24) is 0 Å². The highest BCUT2D eigenvalue weighted by atomic mass is 16.8. The van der Waals surface area contributed by atoms with Crippen LogP contribution in [-0.4, -0.2) is 247 Å². The molecule has 4 aliphatic heterocycles. The van der Waals surface area contributed by atoms with Crippen molar-refractivity contribution in [2.24, 2.45) is 56.2 Å². The van der Waals surface area contributed by atoms with Crippen LogP contribution >= 0.6 is 0 Å². The maximum Gasteiger partial charge on any atom is 0.335 e. The zero-order valence-corrected chi connectivity index (χ0v) is 55.5. The second kappa shape index (κ2) is 27.6. The van der Waals surface area contributed by atoms with Gasteiger partial charge in [-0.25, -0.2) is 14.4 Å². The maximum atomic E-state index is 13.5. The van der Waals surface area contributed by atoms with E-state index < -0.39 is 230 Å². The Morgan fingerprint density at radius 3 is 1.73 bits per heavy atom. The van der Waals surface area contributed by atoms with Crippen molar-refractivity contribution in [1.29, 1.82) is 0 Å². The smallest absolute Gasteiger partial charge is 0.335 e. The first-order valence-corrected chi connectivity index (χ1v) is 32.8. The molecule has 0 radical (unpaired) electrons. The number of carbonyl (C=O) groups excluding carboxylic acids is 3. The van der Waals surface area contributed by atoms with E-state index in [0.717, 1.165) is 5.57 Å². The molecule has 0 spiro atoms. The van der Waals surface area contributed by atoms with E-state index in [-0.39, 0.29) is 35.8 Å². The third kappa shape index (κ3) is 12.5. The fourth-order valence-corrected chi connectivity index (χ4v) is 18.3. The van der Waals surface area contributed by atoms with E-state index >= 15 is 0 Å². The number of esters is 3. The molecule has 0 aromatic rings. The van der Waals surface area contributed by atoms with Crippen LogP contribution in [0.15, 0.2) is 34.9 Å². The molecule has 10 unspecified atom stereocenters. The molecule has 93 heavy (non-hydrogen) atoms. The molecule has 4 heterocycles. The van der Waals surface area contributed by atoms with Gasteiger partial charge in [0.2, 0.25) is 0 Å². The third-order valence-corrected chi connectivity index (χ3v) is 24.0. The predicted molar refractivity (Wildman–Crippen MR) is 321 cm³/mol. The summed E-state index contributed by atoms with van der Waals surface area (Å²) in [7, 11) is 0. The highest BCUT2D eigenvalue weighted by molar-refractivity contribution is 5.88. The molecular weight excluding hydrogens is 1220 g/mol. The molecule has 5 aliphatic carbocycles. The van der Waals surface area contributed by atoms with Crippen molar-refractivity contribution in [3.05, 3.63) is 34.9 Å². The summed E-state index contributed by atoms with van der Waals surface area (Å²) in [6.45, 7) is 21.0. The van der Waals surface area contributed by atoms with Crippen LogP contribution in [0.4, 0.5) is 0 Å². The van der Waals surface area contributed by atoms with Crippen molar-refractivity contribution in [3.63, 3.8) is 0 Å². The Morgan fingerprint density at radius 1 is 0.591 bits per heavy atom. The number of carboxylic acid groups (broad SMARTS) is 1. The standard InChI is InChI=1S/C66H102O27/c1-14-28(3)55(81)88-47-30(5)83-59(46(78)49(47)89-56(82)29(4)15-2)93-52-53(84-31(6)71)66(27-70)34(22-61(52,7)8)33-16-17-38-63(11)20-19-40(62(9,10)37(63)18-21-64(38,12)65(33,13)23-39(66)72)87-60-51(92-57-43(75)41(73)32(24-67)35(25-68)85-57)48(45(77)50(91-60)54(79)80)90-58-44(76)42(74)36(26-69)86-58/h14-16,30,32,34-53,57-60,67-70,72-78H,17-27H2,1-13H3,(H,79,80)/b28-14-,29-15-/t30?,32-,34?,35?,36-,37?,38?,39+,40-,41+,42?,43?,44-,45-,46?,47-,48+,49+,50?,51?,52-,53-,57-,58-,59-,60+,63-,64+,65+,66-/m0/s1. The van der Waals surface area contributed by atoms with E-state index in [9.17, 15) is 80.5 Å². The molecule has 9 aliphatic rings. The average molecular weight is 1330 g/mol. The first kappa shape index (κ1) is 73.6. The second-order valence-electron chi connectivity index (χ2n) is 29.7. The van der Waals surface area contributed by atoms with Gasteiger partial charge in [0.25, 0.3) is 0 Å². The van der Waals surface area contributed by atoms with E-state index in [2.05, 4.69) is 26.8 Å². The van der Waals surface area contributed by atoms with Crippen LogP contribution < -0.4 is 0 Å². The van der Waals surface area contributed by atoms with Gasteiger partial charge in [0.15, 0.2) is 43.5 Å². The fraction of sp³-hybridized carbons (Fsp3) is 0.848. The van der Waals surface area contributed by atoms with Gasteiger partial charge < -0.3 is 113 Å². The van der Waals surface area contributed by atoms with Gasteiger partial charge in [-0.1, -0.05) is 72.3 Å². The van der Waals surface area contributed by atoms with Crippen LogP contribution in [-0.2, 0) is 71.3 Å². The number of aliphatic hydroxyl groups excluding tert-OH is 11. The molecule has 0 amide bonds. The lowest BCUT2D eigenvalue weighted by atomic mass is 9.33. The summed E-state index contributed by atoms with van der Waals surface area (Å²) in [5, 5.41) is 134. The molecule has 9 rings (SSSR count). The van der Waals surface area contributed by atoms with Crippen molar-refractivity contribution in [2.45, 2.75) is 270 Å². The summed E-state index contributed by atoms with van der Waals surface area (Å²) < 4.78 is 68.2. The molecule has 30 atom stereocenters. The van der Waals surface area contributed by atoms with Gasteiger partial charge in [-0.2, -0.15) is 0 Å². The van der Waals surface area contributed by atoms with E-state index in [1.54, 1.807) is 33.8 Å². The number of allylic oxidation sites excluding steroid dienone is 4. The van der Waals surface area contributed by atoms with E-state index in [4.69, 9.17) is 52.1 Å². The largest absolute Gasteiger partial charge is 0.479 e. The number of carbonyl (C=O) groups is 4. The Morgan fingerprint density at radius 2 is 1.17 bits per heavy atom. The molecule has 27 nitrogen and oxygen atoms in total. The van der Waals surface area contributed by atoms with Gasteiger partial charge in [0, 0.05) is 24.0 Å². The van der Waals surface area contributed by atoms with E-state index in [1.165, 1.54) is 19.9 Å². The Kier molecular flexibility index (Phi) is 21.8. The summed E-state index contributed by atoms with van der Waals surface area (Å²) in [4.78, 5) is 53.1. The Hall–Kier alpha value is -3.66. The molecule has 8 fully saturated rings. The van der Waals surface area contributed by atoms with Crippen LogP contribution in [0.1, 0.15) is 135 Å². The van der Waals surface area contributed by atoms with Gasteiger partial charge >= 0.3 is 23.9 Å². The highest BCUT2D eigenvalue weighted by Gasteiger charge is 2.74. The summed E-state index contributed by atoms with van der Waals surface area (Å²) in [5.41, 5.74) is -3.53. The Bertz CT molecular complexity index is 2810. The number of hydrogen-bond donors (Lipinski definition) is 12. The number of aliphatic hydroxyl groups is 11. The van der Waals surface area contributed by atoms with Crippen molar-refractivity contribution in [3.8, 4) is 0 Å². The number of rotatable bonds is 18. The van der Waals surface area contributed by atoms with Crippen molar-refractivity contribution in [2.75, 3.05) is 26.4 Å². The van der Waals surface area contributed by atoms with Crippen LogP contribution in [0.5, 0.6) is 0 Å². The predicted octanol–water partition coefficient (Wildman–Crippen LogP) is 0.962. The third-order valence-electron chi connectivity index (χ3n) is 24.0. The molecule has 4 saturated heterocycles. The normalized spacial score (nSPS) is 48.0. The average Bonchev–Trinajstić information content (AvgIpc) is 0.939. The van der Waals surface area contributed by atoms with Gasteiger partial charge in [0.1, 0.15) is 61.0 Å². The molecule has 12 N–H and O–H groups in total. The minimum Gasteiger partial charge on any atom is -0.479 e. The summed E-state index contributed by atoms with van der Waals surface area (Å²) in [5.74, 6) is -5.80. The molecule has 0 aromatic carbocycles. The monoisotopic (exact) mass is 1330 g/mol. The molecular formula is C66H102O27. The summed E-state index contributed by atoms with van der Waals surface area (Å²) in [6, 6.07) is 0. The lowest BCUT2D eigenvalue weighted by molar-refractivity contribution is -0.385. The highest BCUT2D eigenvalue weighted by Crippen LogP contribution is 2.76. The molecule has 528 valence electrons. The Labute approximate surface area is 542 Å². The van der Waals surface area contributed by atoms with Gasteiger partial charge in [-0.3, -0.25) is 4.79 Å². The first-order chi connectivity index (χ1) is 43.5. The Balaban J connectivity index is 1.01. The first-order valence-electron chi connectivity index (χ1n) is 32.8. The van der Waals surface area contributed by atoms with Crippen LogP contribution in [0.3, 0.4) is 0 Å². The number of carboxylic acids is 1. The number of aliphatic carboxylic acids is 1. The minimum atomic E-state index is -2.12. The molecule has 0 bridgehead atoms. The van der Waals surface area contributed by atoms with Crippen molar-refractivity contribution >= 4 is 23.9 Å². The SMILES string of the molecule is C/C=C(/C)C(=O)O[C@@H]1C(O)[C@H](O[C@H]2[C@H](OC(C)=O)[C@@]3(CO)C(CC2(C)C)C2=CCC4[C@@]5(C)CC[C@H](O[C@@H]6OC(C(=O)O)[C@@H](O)[C@@H](O[C@@H]7O[C@@H](CO)C(O)[C@@H]7O)C6O[C@@H]6OC(CO)[C@H](CO)[C@@H](O)C6O)C(C)(C)C5CC[C@@]4(C)[C@]2(C)C[C@H]3O)OC(C)[C@@H]1OC(=O)/C(C)=C\C. The topological polar surface area (TPSA) is 413 Å². The van der Waals surface area contributed by atoms with Gasteiger partial charge in [-0.05, 0) is 124 Å². The minimum absolute atomic E-state index is 0.0417. The number of hydrogen-bond acceptors (Lipinski definition) is 26. The van der Waals surface area contributed by atoms with Crippen LogP contribution in [0.25, 0.3) is 0 Å². The second-order valence-corrected chi connectivity index (χ2v) is 29.7. The van der Waals surface area contributed by atoms with Crippen molar-refractivity contribution < 1.29 is 133 Å². The van der Waals surface area contributed by atoms with E-state index in [1.807, 2.05) is 27.7 Å². The molecule has 27 heteroatoms. The lowest BCUT2D eigenvalue weighted by Crippen LogP contribution is -2.73. The number of fused-ring (bicyclic) bond motifs is 7. The fourth-order valence-electron chi connectivity index (χ4n) is 18.3.